The number of hydrogen-bond donors (Lipinski definition) is 0. The van der Waals surface area contributed by atoms with Gasteiger partial charge in [0, 0.05) is 83.8 Å². The van der Waals surface area contributed by atoms with Crippen molar-refractivity contribution in [3.63, 3.8) is 0 Å². The van der Waals surface area contributed by atoms with E-state index in [1.807, 2.05) is 0 Å². The maximum Gasteiger partial charge on any atom is 0.0620 e. The van der Waals surface area contributed by atoms with Gasteiger partial charge in [-0.05, 0) is 211 Å². The van der Waals surface area contributed by atoms with Crippen LogP contribution in [0.2, 0.25) is 0 Å². The molecule has 0 radical (unpaired) electrons. The highest BCUT2D eigenvalue weighted by Crippen LogP contribution is 2.58. The molecule has 406 valence electrons. The van der Waals surface area contributed by atoms with E-state index in [0.717, 1.165) is 84.4 Å². The summed E-state index contributed by atoms with van der Waals surface area (Å²) >= 11 is 0. The average molecular weight is 1080 g/mol. The summed E-state index contributed by atoms with van der Waals surface area (Å²) in [4.78, 5) is 9.88. The molecule has 0 fully saturated rings. The van der Waals surface area contributed by atoms with Gasteiger partial charge in [0.2, 0.25) is 0 Å². The first-order valence-corrected chi connectivity index (χ1v) is 29.1. The van der Waals surface area contributed by atoms with E-state index < -0.39 is 0 Å². The molecule has 0 aliphatic heterocycles. The molecule has 4 nitrogen and oxygen atoms in total. The summed E-state index contributed by atoms with van der Waals surface area (Å²) < 4.78 is 0. The lowest BCUT2D eigenvalue weighted by atomic mass is 9.81. The number of aryl methyl sites for hydroxylation is 8. The van der Waals surface area contributed by atoms with Gasteiger partial charge in [-0.1, -0.05) is 168 Å². The van der Waals surface area contributed by atoms with E-state index in [2.05, 4.69) is 331 Å². The predicted molar refractivity (Wildman–Crippen MR) is 356 cm³/mol. The van der Waals surface area contributed by atoms with Crippen molar-refractivity contribution in [2.24, 2.45) is 0 Å². The van der Waals surface area contributed by atoms with Crippen LogP contribution >= 0.6 is 0 Å². The fourth-order valence-electron chi connectivity index (χ4n) is 12.4. The van der Waals surface area contributed by atoms with Crippen molar-refractivity contribution in [2.45, 2.75) is 74.7 Å². The zero-order valence-electron chi connectivity index (χ0n) is 49.4. The summed E-state index contributed by atoms with van der Waals surface area (Å²) in [6.07, 6.45) is 0. The van der Waals surface area contributed by atoms with Crippen LogP contribution in [-0.2, 0) is 5.41 Å². The van der Waals surface area contributed by atoms with Gasteiger partial charge < -0.3 is 19.6 Å². The maximum absolute atomic E-state index is 2.57. The smallest absolute Gasteiger partial charge is 0.0620 e. The number of benzene rings is 12. The van der Waals surface area contributed by atoms with E-state index in [1.165, 1.54) is 72.1 Å². The van der Waals surface area contributed by atoms with Gasteiger partial charge in [-0.3, -0.25) is 0 Å². The van der Waals surface area contributed by atoms with E-state index in [9.17, 15) is 0 Å². The van der Waals surface area contributed by atoms with Crippen LogP contribution in [0.25, 0.3) is 32.7 Å². The first-order chi connectivity index (χ1) is 40.2. The lowest BCUT2D eigenvalue weighted by molar-refractivity contribution is 0.661. The van der Waals surface area contributed by atoms with Crippen LogP contribution in [0.3, 0.4) is 0 Å². The summed E-state index contributed by atoms with van der Waals surface area (Å²) in [5.41, 5.74) is 27.7. The summed E-state index contributed by atoms with van der Waals surface area (Å²) in [5, 5.41) is 4.58. The monoisotopic (exact) mass is 1070 g/mol. The van der Waals surface area contributed by atoms with E-state index in [0.29, 0.717) is 0 Å². The summed E-state index contributed by atoms with van der Waals surface area (Å²) in [6.45, 7) is 22.2. The van der Waals surface area contributed by atoms with Crippen LogP contribution in [-0.4, -0.2) is 0 Å². The lowest BCUT2D eigenvalue weighted by Crippen LogP contribution is -2.18. The maximum atomic E-state index is 2.57. The Bertz CT molecular complexity index is 4190. The van der Waals surface area contributed by atoms with Crippen molar-refractivity contribution in [3.05, 3.63) is 298 Å². The topological polar surface area (TPSA) is 13.0 Å². The van der Waals surface area contributed by atoms with Gasteiger partial charge in [0.25, 0.3) is 0 Å². The van der Waals surface area contributed by atoms with Crippen molar-refractivity contribution in [1.82, 2.24) is 0 Å². The first kappa shape index (κ1) is 52.7. The van der Waals surface area contributed by atoms with Crippen LogP contribution in [0.1, 0.15) is 69.5 Å². The quantitative estimate of drug-likeness (QED) is 0.0893. The fourth-order valence-corrected chi connectivity index (χ4v) is 12.4. The molecule has 4 heteroatoms. The third-order valence-corrected chi connectivity index (χ3v) is 17.1. The summed E-state index contributed by atoms with van der Waals surface area (Å²) in [5.74, 6) is 0. The molecular formula is C79H70N4. The van der Waals surface area contributed by atoms with E-state index >= 15 is 0 Å². The lowest BCUT2D eigenvalue weighted by Gasteiger charge is -2.34. The molecule has 1 aliphatic rings. The Balaban J connectivity index is 1.17. The SMILES string of the molecule is Cc1ccc(N(c2ccc(C)cc2)c2ccc3c(c2)C(C)(C)c2cc4c(N(c5ccc(C)cc5)c5ccc(C)cc5)c5ccc(N(c6ccc(C)cc6)c6ccc(C)cc6)cc5c(N(c5ccc(C)cc5)c5ccc(C)cc5)c4cc2-3)cc1. The molecule has 0 bridgehead atoms. The zero-order chi connectivity index (χ0) is 57.3. The normalized spacial score (nSPS) is 12.3. The highest BCUT2D eigenvalue weighted by atomic mass is 15.2. The van der Waals surface area contributed by atoms with Crippen LogP contribution < -0.4 is 19.6 Å². The van der Waals surface area contributed by atoms with E-state index in [-0.39, 0.29) is 5.41 Å². The Hall–Kier alpha value is -9.64. The molecule has 0 atom stereocenters. The van der Waals surface area contributed by atoms with E-state index in [4.69, 9.17) is 0 Å². The van der Waals surface area contributed by atoms with Crippen molar-refractivity contribution >= 4 is 89.8 Å². The molecule has 1 aliphatic carbocycles. The first-order valence-electron chi connectivity index (χ1n) is 29.1. The molecule has 0 unspecified atom stereocenters. The Morgan fingerprint density at radius 2 is 0.446 bits per heavy atom. The van der Waals surface area contributed by atoms with E-state index in [1.54, 1.807) is 0 Å². The van der Waals surface area contributed by atoms with Crippen molar-refractivity contribution in [2.75, 3.05) is 19.6 Å². The summed E-state index contributed by atoms with van der Waals surface area (Å²) in [7, 11) is 0. The van der Waals surface area contributed by atoms with Gasteiger partial charge in [-0.2, -0.15) is 0 Å². The highest BCUT2D eigenvalue weighted by Gasteiger charge is 2.38. The van der Waals surface area contributed by atoms with Gasteiger partial charge in [0.05, 0.1) is 11.4 Å². The molecule has 0 heterocycles. The molecule has 0 saturated heterocycles. The number of fused-ring (bicyclic) bond motifs is 5. The van der Waals surface area contributed by atoms with Crippen molar-refractivity contribution < 1.29 is 0 Å². The Labute approximate surface area is 490 Å². The zero-order valence-corrected chi connectivity index (χ0v) is 49.4. The Kier molecular flexibility index (Phi) is 13.4. The largest absolute Gasteiger partial charge is 0.310 e. The fraction of sp³-hybridized carbons (Fsp3) is 0.139. The molecule has 0 spiro atoms. The molecule has 12 aromatic rings. The summed E-state index contributed by atoms with van der Waals surface area (Å²) in [6, 6.07) is 91.6. The number of rotatable bonds is 12. The second-order valence-corrected chi connectivity index (χ2v) is 23.8. The molecular weight excluding hydrogens is 1000 g/mol. The second kappa shape index (κ2) is 21.0. The van der Waals surface area contributed by atoms with Gasteiger partial charge in [-0.25, -0.2) is 0 Å². The van der Waals surface area contributed by atoms with Crippen LogP contribution in [0.15, 0.2) is 243 Å². The molecule has 13 rings (SSSR count). The Morgan fingerprint density at radius 1 is 0.205 bits per heavy atom. The van der Waals surface area contributed by atoms with Gasteiger partial charge in [0.15, 0.2) is 0 Å². The second-order valence-electron chi connectivity index (χ2n) is 23.8. The minimum Gasteiger partial charge on any atom is -0.310 e. The van der Waals surface area contributed by atoms with Crippen LogP contribution in [0.5, 0.6) is 0 Å². The number of nitrogens with zero attached hydrogens (tertiary/aromatic N) is 4. The third-order valence-electron chi connectivity index (χ3n) is 17.1. The molecule has 0 aromatic heterocycles. The molecule has 0 N–H and O–H groups in total. The predicted octanol–water partition coefficient (Wildman–Crippen LogP) is 22.6. The number of anilines is 12. The molecule has 83 heavy (non-hydrogen) atoms. The number of hydrogen-bond acceptors (Lipinski definition) is 4. The van der Waals surface area contributed by atoms with Crippen molar-refractivity contribution in [1.29, 1.82) is 0 Å². The van der Waals surface area contributed by atoms with Crippen LogP contribution in [0, 0.1) is 55.4 Å². The minimum atomic E-state index is -0.383. The standard InChI is InChI=1S/C79H70N4/c1-51-11-27-59(28-12-51)80(60-29-13-52(2)14-30-60)67-44-46-70-72(47-67)78(83(65-39-23-57(7)24-40-65)66-41-25-58(8)26-42-66)73-49-71-69-45-43-68(81(61-31-15-53(3)16-32-61)62-33-17-54(4)18-34-62)48-75(69)79(9,10)76(71)50-74(73)77(70)82(63-35-19-55(5)20-36-63)64-37-21-56(6)22-38-64/h11-50H,1-10H3. The van der Waals surface area contributed by atoms with Gasteiger partial charge >= 0.3 is 0 Å². The highest BCUT2D eigenvalue weighted by molar-refractivity contribution is 6.25. The minimum absolute atomic E-state index is 0.383. The van der Waals surface area contributed by atoms with Gasteiger partial charge in [-0.15, -0.1) is 0 Å². The molecule has 0 saturated carbocycles. The Morgan fingerprint density at radius 3 is 0.783 bits per heavy atom. The third kappa shape index (κ3) is 9.68. The van der Waals surface area contributed by atoms with Crippen LogP contribution in [0.4, 0.5) is 68.2 Å². The van der Waals surface area contributed by atoms with Gasteiger partial charge in [0.1, 0.15) is 0 Å². The van der Waals surface area contributed by atoms with Crippen molar-refractivity contribution in [3.8, 4) is 11.1 Å². The molecule has 12 aromatic carbocycles. The molecule has 0 amide bonds. The average Bonchev–Trinajstić information content (AvgIpc) is 3.56.